The summed E-state index contributed by atoms with van der Waals surface area (Å²) in [5.74, 6) is -0.121. The third kappa shape index (κ3) is 3.46. The van der Waals surface area contributed by atoms with Crippen LogP contribution in [0.4, 0.5) is 0 Å². The first-order valence-electron chi connectivity index (χ1n) is 10.8. The van der Waals surface area contributed by atoms with Crippen LogP contribution in [0.15, 0.2) is 36.5 Å². The van der Waals surface area contributed by atoms with Gasteiger partial charge in [0.05, 0.1) is 13.7 Å². The lowest BCUT2D eigenvalue weighted by Crippen LogP contribution is -2.39. The minimum Gasteiger partial charge on any atom is -0.466 e. The van der Waals surface area contributed by atoms with E-state index in [2.05, 4.69) is 40.7 Å². The smallest absolute Gasteiger partial charge is 0.331 e. The van der Waals surface area contributed by atoms with Gasteiger partial charge in [0.2, 0.25) is 0 Å². The zero-order chi connectivity index (χ0) is 20.4. The molecular weight excluding hydrogens is 364 g/mol. The van der Waals surface area contributed by atoms with E-state index in [1.165, 1.54) is 35.3 Å². The number of nitrogens with zero attached hydrogens (tertiary/aromatic N) is 2. The van der Waals surface area contributed by atoms with Crippen LogP contribution in [0.1, 0.15) is 49.8 Å². The van der Waals surface area contributed by atoms with Crippen LogP contribution in [0.3, 0.4) is 0 Å². The van der Waals surface area contributed by atoms with E-state index in [1.807, 2.05) is 6.20 Å². The molecule has 3 heterocycles. The molecule has 2 unspecified atom stereocenters. The quantitative estimate of drug-likeness (QED) is 0.630. The highest BCUT2D eigenvalue weighted by atomic mass is 16.5. The molecular formula is C24H32N2O3. The second-order valence-corrected chi connectivity index (χ2v) is 8.46. The van der Waals surface area contributed by atoms with Gasteiger partial charge in [0.1, 0.15) is 0 Å². The second-order valence-electron chi connectivity index (χ2n) is 8.46. The molecule has 1 N–H and O–H groups in total. The fourth-order valence-electron chi connectivity index (χ4n) is 5.66. The number of methoxy groups -OCH3 is 1. The molecule has 0 amide bonds. The number of ether oxygens (including phenoxy) is 1. The topological polar surface area (TPSA) is 54.7 Å². The lowest BCUT2D eigenvalue weighted by Gasteiger charge is -2.45. The number of aromatic nitrogens is 1. The number of para-hydroxylation sites is 1. The summed E-state index contributed by atoms with van der Waals surface area (Å²) in [4.78, 5) is 13.8. The van der Waals surface area contributed by atoms with E-state index in [1.54, 1.807) is 0 Å². The molecule has 2 aliphatic rings. The summed E-state index contributed by atoms with van der Waals surface area (Å²) < 4.78 is 7.23. The highest BCUT2D eigenvalue weighted by Gasteiger charge is 2.43. The summed E-state index contributed by atoms with van der Waals surface area (Å²) in [6.45, 7) is 5.30. The highest BCUT2D eigenvalue weighted by Crippen LogP contribution is 2.52. The number of aliphatic hydroxyl groups is 1. The van der Waals surface area contributed by atoms with Crippen LogP contribution in [0, 0.1) is 5.41 Å². The van der Waals surface area contributed by atoms with Gasteiger partial charge in [-0.3, -0.25) is 0 Å². The number of carbonyl (C=O) groups excluding carboxylic acids is 1. The number of fused-ring (bicyclic) bond motifs is 4. The average molecular weight is 397 g/mol. The van der Waals surface area contributed by atoms with Crippen LogP contribution in [-0.2, 0) is 22.5 Å². The molecule has 0 saturated heterocycles. The van der Waals surface area contributed by atoms with Crippen molar-refractivity contribution in [1.82, 2.24) is 9.47 Å². The van der Waals surface area contributed by atoms with Gasteiger partial charge in [0.15, 0.2) is 0 Å². The van der Waals surface area contributed by atoms with Crippen molar-refractivity contribution in [1.29, 1.82) is 0 Å². The number of rotatable bonds is 4. The van der Waals surface area contributed by atoms with Crippen molar-refractivity contribution in [3.8, 4) is 0 Å². The molecule has 5 heteroatoms. The molecule has 2 aliphatic heterocycles. The second kappa shape index (κ2) is 8.23. The van der Waals surface area contributed by atoms with Crippen LogP contribution < -0.4 is 0 Å². The first-order chi connectivity index (χ1) is 14.1. The summed E-state index contributed by atoms with van der Waals surface area (Å²) in [5.41, 5.74) is 4.15. The van der Waals surface area contributed by atoms with E-state index in [0.29, 0.717) is 0 Å². The van der Waals surface area contributed by atoms with Crippen LogP contribution in [0.5, 0.6) is 0 Å². The Morgan fingerprint density at radius 2 is 2.10 bits per heavy atom. The normalized spacial score (nSPS) is 24.8. The molecule has 1 aromatic heterocycles. The van der Waals surface area contributed by atoms with Gasteiger partial charge in [-0.25, -0.2) is 4.79 Å². The molecule has 5 nitrogen and oxygen atoms in total. The van der Waals surface area contributed by atoms with E-state index in [0.717, 1.165) is 51.7 Å². The van der Waals surface area contributed by atoms with Gasteiger partial charge in [-0.1, -0.05) is 25.1 Å². The maximum absolute atomic E-state index is 11.6. The molecule has 156 valence electrons. The largest absolute Gasteiger partial charge is 0.466 e. The predicted octanol–water partition coefficient (Wildman–Crippen LogP) is 3.84. The highest BCUT2D eigenvalue weighted by molar-refractivity contribution is 5.86. The number of esters is 1. The Balaban J connectivity index is 1.80. The van der Waals surface area contributed by atoms with Crippen molar-refractivity contribution in [2.24, 2.45) is 5.41 Å². The number of carbonyl (C=O) groups is 1. The Morgan fingerprint density at radius 3 is 2.86 bits per heavy atom. The molecule has 0 spiro atoms. The standard InChI is InChI=1S/C24H32N2O3/c1-3-24-11-6-13-25(15-10-22(28)29-2)14-9-19-18-7-4-5-8-21(18)26(16-12-24)23(19)20(24)17-27/h4-5,7-8,10,15,20,27H,3,6,9,11-14,16-17H2,1-2H3/b15-10+. The van der Waals surface area contributed by atoms with E-state index in [9.17, 15) is 9.90 Å². The Hall–Kier alpha value is -2.27. The molecule has 0 radical (unpaired) electrons. The van der Waals surface area contributed by atoms with Crippen molar-refractivity contribution < 1.29 is 14.6 Å². The minimum atomic E-state index is -0.316. The van der Waals surface area contributed by atoms with E-state index >= 15 is 0 Å². The van der Waals surface area contributed by atoms with Crippen molar-refractivity contribution in [2.45, 2.75) is 51.5 Å². The summed E-state index contributed by atoms with van der Waals surface area (Å²) in [6, 6.07) is 8.65. The van der Waals surface area contributed by atoms with Gasteiger partial charge >= 0.3 is 5.97 Å². The summed E-state index contributed by atoms with van der Waals surface area (Å²) in [5, 5.41) is 11.8. The first kappa shape index (κ1) is 20.0. The van der Waals surface area contributed by atoms with Crippen molar-refractivity contribution in [3.05, 3.63) is 47.8 Å². The third-order valence-electron chi connectivity index (χ3n) is 7.30. The average Bonchev–Trinajstić information content (AvgIpc) is 3.08. The molecule has 29 heavy (non-hydrogen) atoms. The molecule has 0 aliphatic carbocycles. The Labute approximate surface area is 172 Å². The molecule has 4 rings (SSSR count). The van der Waals surface area contributed by atoms with E-state index < -0.39 is 0 Å². The van der Waals surface area contributed by atoms with Crippen LogP contribution in [-0.4, -0.2) is 47.3 Å². The SMILES string of the molecule is CCC12CCCN(/C=C/C(=O)OC)CCc3c(n(c4ccccc34)CC1)C2CO. The van der Waals surface area contributed by atoms with Gasteiger partial charge in [-0.05, 0) is 49.1 Å². The van der Waals surface area contributed by atoms with Gasteiger partial charge in [0, 0.05) is 54.4 Å². The van der Waals surface area contributed by atoms with Crippen LogP contribution in [0.25, 0.3) is 10.9 Å². The first-order valence-corrected chi connectivity index (χ1v) is 10.8. The fraction of sp³-hybridized carbons (Fsp3) is 0.542. The summed E-state index contributed by atoms with van der Waals surface area (Å²) in [6.07, 6.45) is 8.66. The maximum Gasteiger partial charge on any atom is 0.331 e. The van der Waals surface area contributed by atoms with Gasteiger partial charge in [-0.15, -0.1) is 0 Å². The zero-order valence-corrected chi connectivity index (χ0v) is 17.6. The lowest BCUT2D eigenvalue weighted by molar-refractivity contribution is -0.134. The predicted molar refractivity (Wildman–Crippen MR) is 115 cm³/mol. The fourth-order valence-corrected chi connectivity index (χ4v) is 5.66. The van der Waals surface area contributed by atoms with Crippen LogP contribution in [0.2, 0.25) is 0 Å². The molecule has 0 fully saturated rings. The monoisotopic (exact) mass is 396 g/mol. The van der Waals surface area contributed by atoms with E-state index in [-0.39, 0.29) is 23.9 Å². The van der Waals surface area contributed by atoms with Crippen molar-refractivity contribution >= 4 is 16.9 Å². The van der Waals surface area contributed by atoms with Crippen molar-refractivity contribution in [2.75, 3.05) is 26.8 Å². The number of benzene rings is 1. The number of hydrogen-bond acceptors (Lipinski definition) is 4. The van der Waals surface area contributed by atoms with Gasteiger partial charge < -0.3 is 19.3 Å². The Morgan fingerprint density at radius 1 is 1.28 bits per heavy atom. The molecule has 0 saturated carbocycles. The third-order valence-corrected chi connectivity index (χ3v) is 7.30. The van der Waals surface area contributed by atoms with E-state index in [4.69, 9.17) is 4.74 Å². The lowest BCUT2D eigenvalue weighted by atomic mass is 9.64. The van der Waals surface area contributed by atoms with Gasteiger partial charge in [0.25, 0.3) is 0 Å². The van der Waals surface area contributed by atoms with Gasteiger partial charge in [-0.2, -0.15) is 0 Å². The molecule has 2 aromatic rings. The molecule has 2 atom stereocenters. The minimum absolute atomic E-state index is 0.142. The Kier molecular flexibility index (Phi) is 5.68. The number of aliphatic hydroxyl groups excluding tert-OH is 1. The zero-order valence-electron chi connectivity index (χ0n) is 17.6. The van der Waals surface area contributed by atoms with Crippen molar-refractivity contribution in [3.63, 3.8) is 0 Å². The molecule has 1 aromatic carbocycles. The summed E-state index contributed by atoms with van der Waals surface area (Å²) in [7, 11) is 1.41. The molecule has 2 bridgehead atoms. The number of hydrogen-bond donors (Lipinski definition) is 1. The van der Waals surface area contributed by atoms with Crippen LogP contribution >= 0.6 is 0 Å². The number of aryl methyl sites for hydroxylation is 1. The summed E-state index contributed by atoms with van der Waals surface area (Å²) >= 11 is 0. The Bertz CT molecular complexity index is 916. The maximum atomic E-state index is 11.6.